The zero-order chi connectivity index (χ0) is 25.1. The van der Waals surface area contributed by atoms with E-state index in [4.69, 9.17) is 0 Å². The molecule has 4 N–H and O–H groups in total. The van der Waals surface area contributed by atoms with Gasteiger partial charge in [-0.3, -0.25) is 5.32 Å². The van der Waals surface area contributed by atoms with Crippen LogP contribution in [0.15, 0.2) is 41.0 Å². The lowest BCUT2D eigenvalue weighted by molar-refractivity contribution is 0.244. The lowest BCUT2D eigenvalue weighted by Crippen LogP contribution is -2.54. The number of halogens is 1. The van der Waals surface area contributed by atoms with Crippen molar-refractivity contribution in [1.82, 2.24) is 25.6 Å². The number of fused-ring (bicyclic) bond motifs is 1. The van der Waals surface area contributed by atoms with E-state index >= 15 is 0 Å². The number of benzene rings is 1. The van der Waals surface area contributed by atoms with E-state index in [1.54, 1.807) is 6.20 Å². The van der Waals surface area contributed by atoms with Crippen LogP contribution in [0.4, 0.5) is 27.9 Å². The lowest BCUT2D eigenvalue weighted by atomic mass is 9.96. The van der Waals surface area contributed by atoms with Gasteiger partial charge in [0, 0.05) is 54.2 Å². The Labute approximate surface area is 220 Å². The van der Waals surface area contributed by atoms with E-state index in [2.05, 4.69) is 83.0 Å². The number of carbonyl (C=O) groups excluding carboxylic acids is 1. The minimum absolute atomic E-state index is 0.223. The van der Waals surface area contributed by atoms with Crippen molar-refractivity contribution in [1.29, 1.82) is 0 Å². The number of nitrogens with one attached hydrogen (secondary N) is 4. The third kappa shape index (κ3) is 6.04. The minimum Gasteiger partial charge on any atom is -0.368 e. The van der Waals surface area contributed by atoms with Crippen molar-refractivity contribution in [3.05, 3.63) is 41.0 Å². The van der Waals surface area contributed by atoms with Crippen LogP contribution < -0.4 is 26.2 Å². The van der Waals surface area contributed by atoms with E-state index in [1.807, 2.05) is 18.2 Å². The molecule has 0 radical (unpaired) electrons. The zero-order valence-electron chi connectivity index (χ0n) is 20.7. The fourth-order valence-corrected chi connectivity index (χ4v) is 5.52. The number of aromatic nitrogens is 3. The second-order valence-electron chi connectivity index (χ2n) is 9.90. The van der Waals surface area contributed by atoms with Gasteiger partial charge in [0.25, 0.3) is 0 Å². The summed E-state index contributed by atoms with van der Waals surface area (Å²) in [5, 5.41) is 13.5. The first-order valence-corrected chi connectivity index (χ1v) is 13.5. The molecular weight excluding hydrogens is 520 g/mol. The smallest absolute Gasteiger partial charge is 0.320 e. The van der Waals surface area contributed by atoms with Gasteiger partial charge >= 0.3 is 6.03 Å². The highest BCUT2D eigenvalue weighted by molar-refractivity contribution is 9.10. The maximum Gasteiger partial charge on any atom is 0.320 e. The van der Waals surface area contributed by atoms with Gasteiger partial charge in [-0.1, -0.05) is 19.3 Å². The number of urea groups is 1. The summed E-state index contributed by atoms with van der Waals surface area (Å²) in [6, 6.07) is 11.1. The van der Waals surface area contributed by atoms with Crippen molar-refractivity contribution < 1.29 is 4.79 Å². The second-order valence-corrected chi connectivity index (χ2v) is 10.8. The van der Waals surface area contributed by atoms with Gasteiger partial charge in [0.05, 0.1) is 4.47 Å². The quantitative estimate of drug-likeness (QED) is 0.345. The molecule has 3 aromatic rings. The molecule has 2 unspecified atom stereocenters. The Bertz CT molecular complexity index is 1200. The van der Waals surface area contributed by atoms with Crippen LogP contribution in [0.2, 0.25) is 0 Å². The van der Waals surface area contributed by atoms with E-state index in [-0.39, 0.29) is 12.1 Å². The second kappa shape index (κ2) is 11.0. The minimum atomic E-state index is -0.241. The SMILES string of the molecule is CC1CN(c2ccc(Nc3ncc4cc(Br)c(NC(=O)NC5CCCCC5)nc4n3)cc2)CC(C)N1. The number of hydrogen-bond donors (Lipinski definition) is 4. The summed E-state index contributed by atoms with van der Waals surface area (Å²) in [5.41, 5.74) is 2.61. The summed E-state index contributed by atoms with van der Waals surface area (Å²) >= 11 is 3.51. The average molecular weight is 554 g/mol. The van der Waals surface area contributed by atoms with Gasteiger partial charge in [-0.15, -0.1) is 0 Å². The molecule has 2 fully saturated rings. The molecule has 0 spiro atoms. The van der Waals surface area contributed by atoms with Gasteiger partial charge in [0.2, 0.25) is 5.95 Å². The molecule has 1 aromatic carbocycles. The predicted octanol–water partition coefficient (Wildman–Crippen LogP) is 5.17. The molecule has 190 valence electrons. The number of rotatable bonds is 5. The molecular formula is C26H33BrN8O. The van der Waals surface area contributed by atoms with Crippen molar-refractivity contribution in [3.63, 3.8) is 0 Å². The molecule has 2 atom stereocenters. The number of carbonyl (C=O) groups is 1. The largest absolute Gasteiger partial charge is 0.368 e. The standard InChI is InChI=1S/C26H33BrN8O/c1-16-14-35(15-17(2)29-16)21-10-8-20(9-11-21)30-25-28-13-18-12-22(27)24(32-23(18)33-25)34-26(36)31-19-6-4-3-5-7-19/h8-13,16-17,19,29H,3-7,14-15H2,1-2H3,(H3,28,30,31,32,33,34,36). The van der Waals surface area contributed by atoms with Crippen LogP contribution in [-0.2, 0) is 0 Å². The number of hydrogen-bond acceptors (Lipinski definition) is 7. The fourth-order valence-electron chi connectivity index (χ4n) is 5.08. The molecule has 10 heteroatoms. The van der Waals surface area contributed by atoms with Crippen molar-refractivity contribution in [2.45, 2.75) is 64.1 Å². The molecule has 2 aromatic heterocycles. The number of piperazine rings is 1. The maximum atomic E-state index is 12.5. The highest BCUT2D eigenvalue weighted by atomic mass is 79.9. The van der Waals surface area contributed by atoms with Crippen LogP contribution in [0.1, 0.15) is 46.0 Å². The summed E-state index contributed by atoms with van der Waals surface area (Å²) in [6.45, 7) is 6.40. The number of anilines is 4. The lowest BCUT2D eigenvalue weighted by Gasteiger charge is -2.37. The average Bonchev–Trinajstić information content (AvgIpc) is 2.85. The number of nitrogens with zero attached hydrogens (tertiary/aromatic N) is 4. The van der Waals surface area contributed by atoms with Gasteiger partial charge < -0.3 is 20.9 Å². The Hall–Kier alpha value is -2.98. The van der Waals surface area contributed by atoms with Crippen LogP contribution in [-0.4, -0.2) is 52.2 Å². The van der Waals surface area contributed by atoms with Crippen molar-refractivity contribution in [2.24, 2.45) is 0 Å². The van der Waals surface area contributed by atoms with Crippen molar-refractivity contribution in [2.75, 3.05) is 28.6 Å². The van der Waals surface area contributed by atoms with Gasteiger partial charge in [0.15, 0.2) is 11.5 Å². The summed E-state index contributed by atoms with van der Waals surface area (Å²) in [4.78, 5) is 28.5. The molecule has 3 heterocycles. The maximum absolute atomic E-state index is 12.5. The molecule has 1 saturated heterocycles. The normalized spacial score (nSPS) is 20.8. The van der Waals surface area contributed by atoms with Gasteiger partial charge in [0.1, 0.15) is 0 Å². The van der Waals surface area contributed by atoms with Crippen LogP contribution >= 0.6 is 15.9 Å². The van der Waals surface area contributed by atoms with E-state index in [9.17, 15) is 4.79 Å². The van der Waals surface area contributed by atoms with E-state index in [0.29, 0.717) is 34.0 Å². The topological polar surface area (TPSA) is 107 Å². The van der Waals surface area contributed by atoms with Gasteiger partial charge in [-0.2, -0.15) is 4.98 Å². The fraction of sp³-hybridized carbons (Fsp3) is 0.462. The first kappa shape index (κ1) is 24.7. The predicted molar refractivity (Wildman–Crippen MR) is 148 cm³/mol. The highest BCUT2D eigenvalue weighted by Gasteiger charge is 2.21. The first-order valence-electron chi connectivity index (χ1n) is 12.7. The zero-order valence-corrected chi connectivity index (χ0v) is 22.3. The molecule has 1 aliphatic heterocycles. The molecule has 5 rings (SSSR count). The molecule has 9 nitrogen and oxygen atoms in total. The Morgan fingerprint density at radius 1 is 1.06 bits per heavy atom. The van der Waals surface area contributed by atoms with Crippen LogP contribution in [0, 0.1) is 0 Å². The van der Waals surface area contributed by atoms with Crippen LogP contribution in [0.3, 0.4) is 0 Å². The molecule has 2 amide bonds. The van der Waals surface area contributed by atoms with Crippen molar-refractivity contribution >= 4 is 56.1 Å². The van der Waals surface area contributed by atoms with Crippen LogP contribution in [0.5, 0.6) is 0 Å². The number of pyridine rings is 1. The van der Waals surface area contributed by atoms with Gasteiger partial charge in [-0.25, -0.2) is 14.8 Å². The van der Waals surface area contributed by atoms with E-state index in [1.165, 1.54) is 12.1 Å². The Kier molecular flexibility index (Phi) is 7.52. The first-order chi connectivity index (χ1) is 17.4. The van der Waals surface area contributed by atoms with E-state index < -0.39 is 0 Å². The summed E-state index contributed by atoms with van der Waals surface area (Å²) in [6.07, 6.45) is 7.34. The molecule has 36 heavy (non-hydrogen) atoms. The summed E-state index contributed by atoms with van der Waals surface area (Å²) in [7, 11) is 0. The van der Waals surface area contributed by atoms with E-state index in [0.717, 1.165) is 49.8 Å². The summed E-state index contributed by atoms with van der Waals surface area (Å²) in [5.74, 6) is 0.886. The number of amides is 2. The molecule has 0 bridgehead atoms. The molecule has 1 aliphatic carbocycles. The molecule has 2 aliphatic rings. The monoisotopic (exact) mass is 552 g/mol. The third-order valence-corrected chi connectivity index (χ3v) is 7.35. The Morgan fingerprint density at radius 3 is 2.50 bits per heavy atom. The van der Waals surface area contributed by atoms with Crippen molar-refractivity contribution in [3.8, 4) is 0 Å². The Balaban J connectivity index is 1.26. The molecule has 1 saturated carbocycles. The highest BCUT2D eigenvalue weighted by Crippen LogP contribution is 2.26. The van der Waals surface area contributed by atoms with Crippen LogP contribution in [0.25, 0.3) is 11.0 Å². The summed E-state index contributed by atoms with van der Waals surface area (Å²) < 4.78 is 0.685. The Morgan fingerprint density at radius 2 is 1.78 bits per heavy atom. The van der Waals surface area contributed by atoms with Gasteiger partial charge in [-0.05, 0) is 73.0 Å². The third-order valence-electron chi connectivity index (χ3n) is 6.74.